The molecule has 1 N–H and O–H groups in total. The van der Waals surface area contributed by atoms with E-state index in [0.29, 0.717) is 5.56 Å². The van der Waals surface area contributed by atoms with Gasteiger partial charge in [0.1, 0.15) is 0 Å². The smallest absolute Gasteiger partial charge is 0.267 e. The number of amides is 1. The SMILES string of the molecule is Cc1ccc(C=NNC(=O)c2ccccc2Br)c(C)c1. The van der Waals surface area contributed by atoms with Gasteiger partial charge in [-0.3, -0.25) is 4.79 Å². The summed E-state index contributed by atoms with van der Waals surface area (Å²) >= 11 is 3.34. The average molecular weight is 331 g/mol. The molecule has 2 rings (SSSR count). The molecule has 102 valence electrons. The van der Waals surface area contributed by atoms with Gasteiger partial charge in [0.05, 0.1) is 11.8 Å². The lowest BCUT2D eigenvalue weighted by Gasteiger charge is -2.03. The average Bonchev–Trinajstić information content (AvgIpc) is 2.41. The first-order chi connectivity index (χ1) is 9.58. The Morgan fingerprint density at radius 1 is 1.20 bits per heavy atom. The van der Waals surface area contributed by atoms with Crippen molar-refractivity contribution in [3.8, 4) is 0 Å². The minimum Gasteiger partial charge on any atom is -0.267 e. The van der Waals surface area contributed by atoms with Crippen molar-refractivity contribution in [2.75, 3.05) is 0 Å². The maximum Gasteiger partial charge on any atom is 0.272 e. The van der Waals surface area contributed by atoms with E-state index in [1.165, 1.54) is 5.56 Å². The number of nitrogens with one attached hydrogen (secondary N) is 1. The van der Waals surface area contributed by atoms with Crippen LogP contribution in [-0.4, -0.2) is 12.1 Å². The second-order valence-electron chi connectivity index (χ2n) is 4.54. The Balaban J connectivity index is 2.07. The molecule has 2 aromatic carbocycles. The molecule has 0 atom stereocenters. The van der Waals surface area contributed by atoms with Crippen molar-refractivity contribution in [1.82, 2.24) is 5.43 Å². The lowest BCUT2D eigenvalue weighted by atomic mass is 10.1. The minimum atomic E-state index is -0.238. The minimum absolute atomic E-state index is 0.238. The summed E-state index contributed by atoms with van der Waals surface area (Å²) in [5.74, 6) is -0.238. The summed E-state index contributed by atoms with van der Waals surface area (Å²) in [6.45, 7) is 4.06. The van der Waals surface area contributed by atoms with E-state index in [0.717, 1.165) is 15.6 Å². The molecular formula is C16H15BrN2O. The number of hydrogen-bond donors (Lipinski definition) is 1. The van der Waals surface area contributed by atoms with Crippen LogP contribution < -0.4 is 5.43 Å². The van der Waals surface area contributed by atoms with Gasteiger partial charge in [-0.05, 0) is 53.0 Å². The van der Waals surface area contributed by atoms with E-state index < -0.39 is 0 Å². The lowest BCUT2D eigenvalue weighted by molar-refractivity contribution is 0.0954. The quantitative estimate of drug-likeness (QED) is 0.674. The molecule has 0 aliphatic heterocycles. The Morgan fingerprint density at radius 3 is 2.65 bits per heavy atom. The van der Waals surface area contributed by atoms with Crippen LogP contribution in [-0.2, 0) is 0 Å². The van der Waals surface area contributed by atoms with Crippen LogP contribution in [0.3, 0.4) is 0 Å². The van der Waals surface area contributed by atoms with Crippen molar-refractivity contribution in [3.05, 3.63) is 69.2 Å². The molecule has 0 fully saturated rings. The zero-order valence-corrected chi connectivity index (χ0v) is 12.9. The van der Waals surface area contributed by atoms with Gasteiger partial charge in [-0.25, -0.2) is 5.43 Å². The van der Waals surface area contributed by atoms with Crippen LogP contribution in [0.4, 0.5) is 0 Å². The highest BCUT2D eigenvalue weighted by Gasteiger charge is 2.07. The van der Waals surface area contributed by atoms with Crippen LogP contribution in [0.25, 0.3) is 0 Å². The molecule has 20 heavy (non-hydrogen) atoms. The van der Waals surface area contributed by atoms with Gasteiger partial charge in [0.25, 0.3) is 5.91 Å². The number of hydrogen-bond acceptors (Lipinski definition) is 2. The summed E-state index contributed by atoms with van der Waals surface area (Å²) in [7, 11) is 0. The fourth-order valence-electron chi connectivity index (χ4n) is 1.84. The third-order valence-corrected chi connectivity index (χ3v) is 3.61. The lowest BCUT2D eigenvalue weighted by Crippen LogP contribution is -2.18. The van der Waals surface area contributed by atoms with Gasteiger partial charge in [0.15, 0.2) is 0 Å². The first kappa shape index (κ1) is 14.5. The maximum absolute atomic E-state index is 11.9. The fraction of sp³-hybridized carbons (Fsp3) is 0.125. The molecule has 1 amide bonds. The molecule has 0 heterocycles. The van der Waals surface area contributed by atoms with Crippen LogP contribution in [0.1, 0.15) is 27.0 Å². The largest absolute Gasteiger partial charge is 0.272 e. The van der Waals surface area contributed by atoms with E-state index in [4.69, 9.17) is 0 Å². The highest BCUT2D eigenvalue weighted by atomic mass is 79.9. The number of carbonyl (C=O) groups is 1. The Bertz CT molecular complexity index is 665. The maximum atomic E-state index is 11.9. The number of benzene rings is 2. The molecule has 4 heteroatoms. The normalized spacial score (nSPS) is 10.8. The number of nitrogens with zero attached hydrogens (tertiary/aromatic N) is 1. The van der Waals surface area contributed by atoms with Crippen molar-refractivity contribution >= 4 is 28.1 Å². The Kier molecular flexibility index (Phi) is 4.69. The fourth-order valence-corrected chi connectivity index (χ4v) is 2.30. The van der Waals surface area contributed by atoms with Crippen molar-refractivity contribution < 1.29 is 4.79 Å². The van der Waals surface area contributed by atoms with Crippen LogP contribution in [0.15, 0.2) is 52.0 Å². The van der Waals surface area contributed by atoms with Gasteiger partial charge in [-0.1, -0.05) is 35.9 Å². The van der Waals surface area contributed by atoms with Gasteiger partial charge >= 0.3 is 0 Å². The zero-order chi connectivity index (χ0) is 14.5. The molecule has 2 aromatic rings. The first-order valence-electron chi connectivity index (χ1n) is 6.23. The van der Waals surface area contributed by atoms with Crippen molar-refractivity contribution in [1.29, 1.82) is 0 Å². The van der Waals surface area contributed by atoms with Gasteiger partial charge in [-0.2, -0.15) is 5.10 Å². The summed E-state index contributed by atoms with van der Waals surface area (Å²) in [6, 6.07) is 13.3. The van der Waals surface area contributed by atoms with Crippen LogP contribution >= 0.6 is 15.9 Å². The molecule has 0 saturated heterocycles. The number of aryl methyl sites for hydroxylation is 2. The summed E-state index contributed by atoms with van der Waals surface area (Å²) in [4.78, 5) is 11.9. The molecule has 0 radical (unpaired) electrons. The van der Waals surface area contributed by atoms with E-state index in [9.17, 15) is 4.79 Å². The van der Waals surface area contributed by atoms with E-state index in [1.54, 1.807) is 12.3 Å². The number of carbonyl (C=O) groups excluding carboxylic acids is 1. The van der Waals surface area contributed by atoms with E-state index in [-0.39, 0.29) is 5.91 Å². The number of rotatable bonds is 3. The summed E-state index contributed by atoms with van der Waals surface area (Å²) in [5, 5.41) is 4.00. The van der Waals surface area contributed by atoms with E-state index >= 15 is 0 Å². The van der Waals surface area contributed by atoms with Crippen molar-refractivity contribution in [3.63, 3.8) is 0 Å². The molecule has 0 saturated carbocycles. The highest BCUT2D eigenvalue weighted by Crippen LogP contribution is 2.15. The van der Waals surface area contributed by atoms with Crippen molar-refractivity contribution in [2.24, 2.45) is 5.10 Å². The molecule has 0 aliphatic rings. The van der Waals surface area contributed by atoms with E-state index in [2.05, 4.69) is 32.5 Å². The van der Waals surface area contributed by atoms with Gasteiger partial charge in [0, 0.05) is 4.47 Å². The third kappa shape index (κ3) is 3.54. The predicted molar refractivity (Wildman–Crippen MR) is 85.1 cm³/mol. The monoisotopic (exact) mass is 330 g/mol. The second-order valence-corrected chi connectivity index (χ2v) is 5.39. The number of halogens is 1. The first-order valence-corrected chi connectivity index (χ1v) is 7.02. The summed E-state index contributed by atoms with van der Waals surface area (Å²) in [6.07, 6.45) is 1.66. The number of hydrazone groups is 1. The van der Waals surface area contributed by atoms with E-state index in [1.807, 2.05) is 44.2 Å². The molecule has 0 bridgehead atoms. The molecule has 0 aliphatic carbocycles. The predicted octanol–water partition coefficient (Wildman–Crippen LogP) is 3.83. The molecule has 0 spiro atoms. The molecule has 3 nitrogen and oxygen atoms in total. The topological polar surface area (TPSA) is 41.5 Å². The molecular weight excluding hydrogens is 316 g/mol. The molecule has 0 unspecified atom stereocenters. The summed E-state index contributed by atoms with van der Waals surface area (Å²) in [5.41, 5.74) is 6.41. The van der Waals surface area contributed by atoms with Gasteiger partial charge in [0.2, 0.25) is 0 Å². The summed E-state index contributed by atoms with van der Waals surface area (Å²) < 4.78 is 0.749. The van der Waals surface area contributed by atoms with Gasteiger partial charge < -0.3 is 0 Å². The Morgan fingerprint density at radius 2 is 1.95 bits per heavy atom. The van der Waals surface area contributed by atoms with Crippen LogP contribution in [0, 0.1) is 13.8 Å². The standard InChI is InChI=1S/C16H15BrN2O/c1-11-7-8-13(12(2)9-11)10-18-19-16(20)14-5-3-4-6-15(14)17/h3-10H,1-2H3,(H,19,20). The third-order valence-electron chi connectivity index (χ3n) is 2.91. The molecule has 0 aromatic heterocycles. The Hall–Kier alpha value is -1.94. The van der Waals surface area contributed by atoms with Crippen molar-refractivity contribution in [2.45, 2.75) is 13.8 Å². The van der Waals surface area contributed by atoms with Gasteiger partial charge in [-0.15, -0.1) is 0 Å². The zero-order valence-electron chi connectivity index (χ0n) is 11.4. The Labute approximate surface area is 126 Å². The van der Waals surface area contributed by atoms with Crippen LogP contribution in [0.2, 0.25) is 0 Å². The van der Waals surface area contributed by atoms with Crippen LogP contribution in [0.5, 0.6) is 0 Å². The second kappa shape index (κ2) is 6.48. The highest BCUT2D eigenvalue weighted by molar-refractivity contribution is 9.10.